The number of aryl methyl sites for hydroxylation is 2. The smallest absolute Gasteiger partial charge is 0.154 e. The summed E-state index contributed by atoms with van der Waals surface area (Å²) in [5, 5.41) is 9.95. The first-order valence-electron chi connectivity index (χ1n) is 9.46. The highest BCUT2D eigenvalue weighted by Crippen LogP contribution is 2.26. The zero-order chi connectivity index (χ0) is 20.0. The first-order valence-corrected chi connectivity index (χ1v) is 9.46. The Bertz CT molecular complexity index is 1370. The van der Waals surface area contributed by atoms with Gasteiger partial charge in [-0.15, -0.1) is 5.10 Å². The highest BCUT2D eigenvalue weighted by molar-refractivity contribution is 5.87. The molecule has 0 radical (unpaired) electrons. The number of hydrogen-bond acceptors (Lipinski definition) is 3. The summed E-state index contributed by atoms with van der Waals surface area (Å²) in [7, 11) is 0. The minimum absolute atomic E-state index is 0.233. The molecule has 0 amide bonds. The summed E-state index contributed by atoms with van der Waals surface area (Å²) >= 11 is 0. The quantitative estimate of drug-likeness (QED) is 0.413. The van der Waals surface area contributed by atoms with E-state index in [9.17, 15) is 4.39 Å². The molecule has 1 N–H and O–H groups in total. The van der Waals surface area contributed by atoms with Crippen LogP contribution in [0.4, 0.5) is 15.9 Å². The predicted octanol–water partition coefficient (Wildman–Crippen LogP) is 6.05. The Morgan fingerprint density at radius 1 is 0.828 bits per heavy atom. The van der Waals surface area contributed by atoms with Crippen LogP contribution < -0.4 is 5.32 Å². The maximum Gasteiger partial charge on any atom is 0.154 e. The van der Waals surface area contributed by atoms with Gasteiger partial charge in [0.1, 0.15) is 5.82 Å². The van der Waals surface area contributed by atoms with Crippen molar-refractivity contribution in [3.05, 3.63) is 89.9 Å². The van der Waals surface area contributed by atoms with Crippen LogP contribution in [0.1, 0.15) is 11.1 Å². The molecule has 0 spiro atoms. The van der Waals surface area contributed by atoms with E-state index in [1.807, 2.05) is 47.1 Å². The summed E-state index contributed by atoms with van der Waals surface area (Å²) in [6, 6.07) is 20.8. The first-order chi connectivity index (χ1) is 14.1. The van der Waals surface area contributed by atoms with Crippen LogP contribution in [0.2, 0.25) is 0 Å². The molecular weight excluding hydrogens is 363 g/mol. The second-order valence-electron chi connectivity index (χ2n) is 7.26. The standard InChI is InChI=1S/C24H19FN4/c1-15-3-8-21(11-16(15)2)27-23-9-10-24-26-14-22(29(24)28-23)19-5-4-18-13-20(25)7-6-17(18)12-19/h3-14H,1-2H3,(H,27,28). The minimum atomic E-state index is -0.233. The molecule has 5 rings (SSSR count). The van der Waals surface area contributed by atoms with Crippen LogP contribution in [0.15, 0.2) is 72.9 Å². The number of nitrogens with one attached hydrogen (secondary N) is 1. The van der Waals surface area contributed by atoms with E-state index in [-0.39, 0.29) is 5.82 Å². The van der Waals surface area contributed by atoms with E-state index in [4.69, 9.17) is 5.10 Å². The van der Waals surface area contributed by atoms with E-state index < -0.39 is 0 Å². The topological polar surface area (TPSA) is 42.2 Å². The third-order valence-corrected chi connectivity index (χ3v) is 5.24. The number of aromatic nitrogens is 3. The number of benzene rings is 3. The van der Waals surface area contributed by atoms with Crippen LogP contribution in [-0.4, -0.2) is 14.6 Å². The molecule has 2 aromatic heterocycles. The molecule has 2 heterocycles. The van der Waals surface area contributed by atoms with Crippen molar-refractivity contribution in [2.24, 2.45) is 0 Å². The molecule has 0 aliphatic rings. The molecule has 0 aliphatic heterocycles. The highest BCUT2D eigenvalue weighted by Gasteiger charge is 2.09. The Kier molecular flexibility index (Phi) is 4.02. The van der Waals surface area contributed by atoms with E-state index in [1.54, 1.807) is 6.07 Å². The summed E-state index contributed by atoms with van der Waals surface area (Å²) in [6.45, 7) is 4.19. The molecule has 0 bridgehead atoms. The molecule has 0 saturated heterocycles. The van der Waals surface area contributed by atoms with Crippen molar-refractivity contribution in [1.29, 1.82) is 0 Å². The van der Waals surface area contributed by atoms with Gasteiger partial charge in [-0.05, 0) is 78.2 Å². The van der Waals surface area contributed by atoms with Crippen LogP contribution in [-0.2, 0) is 0 Å². The number of fused-ring (bicyclic) bond motifs is 2. The number of nitrogens with zero attached hydrogens (tertiary/aromatic N) is 3. The van der Waals surface area contributed by atoms with Gasteiger partial charge in [0.15, 0.2) is 11.5 Å². The maximum atomic E-state index is 13.5. The van der Waals surface area contributed by atoms with Crippen molar-refractivity contribution >= 4 is 27.9 Å². The van der Waals surface area contributed by atoms with E-state index in [0.29, 0.717) is 0 Å². The largest absolute Gasteiger partial charge is 0.339 e. The Morgan fingerprint density at radius 2 is 1.66 bits per heavy atom. The number of rotatable bonds is 3. The molecule has 3 aromatic carbocycles. The van der Waals surface area contributed by atoms with Gasteiger partial charge in [0, 0.05) is 11.3 Å². The third kappa shape index (κ3) is 3.21. The van der Waals surface area contributed by atoms with Crippen molar-refractivity contribution in [3.63, 3.8) is 0 Å². The van der Waals surface area contributed by atoms with Crippen molar-refractivity contribution in [2.75, 3.05) is 5.32 Å². The molecule has 4 nitrogen and oxygen atoms in total. The van der Waals surface area contributed by atoms with Gasteiger partial charge in [0.2, 0.25) is 0 Å². The normalized spacial score (nSPS) is 11.3. The van der Waals surface area contributed by atoms with Gasteiger partial charge in [0.25, 0.3) is 0 Å². The molecular formula is C24H19FN4. The molecule has 142 valence electrons. The van der Waals surface area contributed by atoms with Crippen LogP contribution in [0, 0.1) is 19.7 Å². The van der Waals surface area contributed by atoms with Crippen molar-refractivity contribution in [3.8, 4) is 11.3 Å². The lowest BCUT2D eigenvalue weighted by atomic mass is 10.1. The summed E-state index contributed by atoms with van der Waals surface area (Å²) in [5.41, 5.74) is 6.11. The summed E-state index contributed by atoms with van der Waals surface area (Å²) in [6.07, 6.45) is 1.81. The lowest BCUT2D eigenvalue weighted by Crippen LogP contribution is -2.00. The number of anilines is 2. The van der Waals surface area contributed by atoms with Crippen LogP contribution in [0.3, 0.4) is 0 Å². The molecule has 0 fully saturated rings. The Morgan fingerprint density at radius 3 is 2.52 bits per heavy atom. The first kappa shape index (κ1) is 17.4. The van der Waals surface area contributed by atoms with Crippen LogP contribution in [0.5, 0.6) is 0 Å². The molecule has 29 heavy (non-hydrogen) atoms. The fourth-order valence-corrected chi connectivity index (χ4v) is 3.48. The van der Waals surface area contributed by atoms with E-state index >= 15 is 0 Å². The third-order valence-electron chi connectivity index (χ3n) is 5.24. The van der Waals surface area contributed by atoms with Crippen molar-refractivity contribution < 1.29 is 4.39 Å². The van der Waals surface area contributed by atoms with Crippen molar-refractivity contribution in [1.82, 2.24) is 14.6 Å². The van der Waals surface area contributed by atoms with E-state index in [2.05, 4.69) is 36.3 Å². The fraction of sp³-hybridized carbons (Fsp3) is 0.0833. The minimum Gasteiger partial charge on any atom is -0.339 e. The Balaban J connectivity index is 1.55. The lowest BCUT2D eigenvalue weighted by molar-refractivity contribution is 0.630. The fourth-order valence-electron chi connectivity index (χ4n) is 3.48. The van der Waals surface area contributed by atoms with E-state index in [1.165, 1.54) is 23.3 Å². The van der Waals surface area contributed by atoms with Gasteiger partial charge in [0.05, 0.1) is 11.9 Å². The average molecular weight is 382 g/mol. The molecule has 5 heteroatoms. The second-order valence-corrected chi connectivity index (χ2v) is 7.26. The second kappa shape index (κ2) is 6.71. The van der Waals surface area contributed by atoms with Gasteiger partial charge in [-0.25, -0.2) is 13.9 Å². The molecule has 0 aliphatic carbocycles. The summed E-state index contributed by atoms with van der Waals surface area (Å²) < 4.78 is 15.3. The Labute approximate surface area is 167 Å². The van der Waals surface area contributed by atoms with Gasteiger partial charge in [-0.2, -0.15) is 0 Å². The molecule has 0 atom stereocenters. The molecule has 0 saturated carbocycles. The van der Waals surface area contributed by atoms with Crippen LogP contribution >= 0.6 is 0 Å². The van der Waals surface area contributed by atoms with Gasteiger partial charge in [-0.3, -0.25) is 0 Å². The zero-order valence-electron chi connectivity index (χ0n) is 16.1. The molecule has 0 unspecified atom stereocenters. The zero-order valence-corrected chi connectivity index (χ0v) is 16.1. The van der Waals surface area contributed by atoms with E-state index in [0.717, 1.165) is 39.2 Å². The van der Waals surface area contributed by atoms with Gasteiger partial charge < -0.3 is 5.32 Å². The van der Waals surface area contributed by atoms with Crippen molar-refractivity contribution in [2.45, 2.75) is 13.8 Å². The lowest BCUT2D eigenvalue weighted by Gasteiger charge is -2.09. The average Bonchev–Trinajstić information content (AvgIpc) is 3.14. The van der Waals surface area contributed by atoms with Gasteiger partial charge >= 0.3 is 0 Å². The maximum absolute atomic E-state index is 13.5. The van der Waals surface area contributed by atoms with Crippen LogP contribution in [0.25, 0.3) is 27.7 Å². The number of imidazole rings is 1. The summed E-state index contributed by atoms with van der Waals surface area (Å²) in [5.74, 6) is 0.506. The number of halogens is 1. The molecule has 5 aromatic rings. The highest BCUT2D eigenvalue weighted by atomic mass is 19.1. The predicted molar refractivity (Wildman–Crippen MR) is 115 cm³/mol. The SMILES string of the molecule is Cc1ccc(Nc2ccc3ncc(-c4ccc5cc(F)ccc5c4)n3n2)cc1C. The monoisotopic (exact) mass is 382 g/mol. The number of hydrogen-bond donors (Lipinski definition) is 1. The Hall–Kier alpha value is -3.73. The summed E-state index contributed by atoms with van der Waals surface area (Å²) in [4.78, 5) is 4.48. The van der Waals surface area contributed by atoms with Gasteiger partial charge in [-0.1, -0.05) is 24.3 Å².